The monoisotopic (exact) mass is 265 g/mol. The molecule has 106 valence electrons. The number of rotatable bonds is 6. The zero-order chi connectivity index (χ0) is 13.7. The number of hydrogen-bond acceptors (Lipinski definition) is 4. The van der Waals surface area contributed by atoms with Gasteiger partial charge in [0.1, 0.15) is 23.4 Å². The van der Waals surface area contributed by atoms with Crippen LogP contribution in [0.15, 0.2) is 18.2 Å². The minimum Gasteiger partial charge on any atom is -0.496 e. The van der Waals surface area contributed by atoms with Gasteiger partial charge in [-0.25, -0.2) is 0 Å². The number of methoxy groups -OCH3 is 2. The number of benzene rings is 1. The summed E-state index contributed by atoms with van der Waals surface area (Å²) in [5.74, 6) is 2.32. The predicted molar refractivity (Wildman–Crippen MR) is 75.3 cm³/mol. The van der Waals surface area contributed by atoms with Gasteiger partial charge in [-0.3, -0.25) is 0 Å². The summed E-state index contributed by atoms with van der Waals surface area (Å²) in [6.45, 7) is 3.11. The Morgan fingerprint density at radius 2 is 1.68 bits per heavy atom. The Labute approximate surface area is 115 Å². The maximum Gasteiger partial charge on any atom is 0.127 e. The van der Waals surface area contributed by atoms with E-state index in [0.717, 1.165) is 30.2 Å². The van der Waals surface area contributed by atoms with Crippen LogP contribution in [0, 0.1) is 0 Å². The first kappa shape index (κ1) is 14.0. The summed E-state index contributed by atoms with van der Waals surface area (Å²) in [5, 5.41) is 3.48. The summed E-state index contributed by atoms with van der Waals surface area (Å²) in [7, 11) is 3.30. The molecular weight excluding hydrogens is 242 g/mol. The third kappa shape index (κ3) is 3.53. The van der Waals surface area contributed by atoms with Crippen LogP contribution >= 0.6 is 0 Å². The third-order valence-corrected chi connectivity index (χ3v) is 3.53. The summed E-state index contributed by atoms with van der Waals surface area (Å²) >= 11 is 0. The van der Waals surface area contributed by atoms with Gasteiger partial charge in [0.25, 0.3) is 0 Å². The molecule has 0 spiro atoms. The Morgan fingerprint density at radius 1 is 1.05 bits per heavy atom. The first-order valence-electron chi connectivity index (χ1n) is 6.90. The van der Waals surface area contributed by atoms with E-state index in [1.165, 1.54) is 12.8 Å². The second-order valence-corrected chi connectivity index (χ2v) is 4.80. The number of likely N-dealkylation sites (N-methyl/N-ethyl adjacent to an activating group) is 1. The fourth-order valence-electron chi connectivity index (χ4n) is 2.59. The zero-order valence-electron chi connectivity index (χ0n) is 11.9. The SMILES string of the molecule is CCNC1CCCC1Oc1cc(OC)cc(OC)c1. The van der Waals surface area contributed by atoms with Crippen molar-refractivity contribution in [1.29, 1.82) is 0 Å². The van der Waals surface area contributed by atoms with Gasteiger partial charge in [-0.05, 0) is 25.8 Å². The minimum atomic E-state index is 0.233. The molecule has 1 aromatic rings. The van der Waals surface area contributed by atoms with Gasteiger partial charge < -0.3 is 19.5 Å². The number of ether oxygens (including phenoxy) is 3. The average molecular weight is 265 g/mol. The molecule has 1 aliphatic rings. The van der Waals surface area contributed by atoms with E-state index >= 15 is 0 Å². The second-order valence-electron chi connectivity index (χ2n) is 4.80. The lowest BCUT2D eigenvalue weighted by Crippen LogP contribution is -2.38. The van der Waals surface area contributed by atoms with Gasteiger partial charge in [-0.2, -0.15) is 0 Å². The molecule has 0 bridgehead atoms. The van der Waals surface area contributed by atoms with E-state index < -0.39 is 0 Å². The molecule has 0 saturated heterocycles. The molecule has 1 N–H and O–H groups in total. The van der Waals surface area contributed by atoms with Crippen LogP contribution in [0.2, 0.25) is 0 Å². The molecule has 0 aromatic heterocycles. The first-order chi connectivity index (χ1) is 9.26. The normalized spacial score (nSPS) is 22.3. The Bertz CT molecular complexity index is 386. The summed E-state index contributed by atoms with van der Waals surface area (Å²) in [6.07, 6.45) is 3.72. The van der Waals surface area contributed by atoms with Crippen molar-refractivity contribution in [3.05, 3.63) is 18.2 Å². The van der Waals surface area contributed by atoms with E-state index in [1.807, 2.05) is 18.2 Å². The molecule has 2 unspecified atom stereocenters. The standard InChI is InChI=1S/C15H23NO3/c1-4-16-14-6-5-7-15(14)19-13-9-11(17-2)8-12(10-13)18-3/h8-10,14-16H,4-7H2,1-3H3. The van der Waals surface area contributed by atoms with E-state index in [0.29, 0.717) is 6.04 Å². The smallest absolute Gasteiger partial charge is 0.127 e. The lowest BCUT2D eigenvalue weighted by atomic mass is 10.2. The average Bonchev–Trinajstić information content (AvgIpc) is 2.86. The van der Waals surface area contributed by atoms with Crippen molar-refractivity contribution in [2.75, 3.05) is 20.8 Å². The lowest BCUT2D eigenvalue weighted by Gasteiger charge is -2.22. The van der Waals surface area contributed by atoms with E-state index in [1.54, 1.807) is 14.2 Å². The summed E-state index contributed by atoms with van der Waals surface area (Å²) < 4.78 is 16.6. The van der Waals surface area contributed by atoms with E-state index in [-0.39, 0.29) is 6.10 Å². The van der Waals surface area contributed by atoms with Gasteiger partial charge in [0, 0.05) is 24.2 Å². The highest BCUT2D eigenvalue weighted by atomic mass is 16.5. The molecule has 2 atom stereocenters. The summed E-state index contributed by atoms with van der Waals surface area (Å²) in [4.78, 5) is 0. The number of nitrogens with one attached hydrogen (secondary N) is 1. The highest BCUT2D eigenvalue weighted by Crippen LogP contribution is 2.31. The summed E-state index contributed by atoms with van der Waals surface area (Å²) in [6, 6.07) is 6.11. The van der Waals surface area contributed by atoms with Crippen molar-refractivity contribution < 1.29 is 14.2 Å². The van der Waals surface area contributed by atoms with Gasteiger partial charge in [0.15, 0.2) is 0 Å². The lowest BCUT2D eigenvalue weighted by molar-refractivity contribution is 0.174. The van der Waals surface area contributed by atoms with Gasteiger partial charge in [0.2, 0.25) is 0 Å². The van der Waals surface area contributed by atoms with Crippen LogP contribution in [-0.2, 0) is 0 Å². The van der Waals surface area contributed by atoms with Crippen molar-refractivity contribution in [3.8, 4) is 17.2 Å². The van der Waals surface area contributed by atoms with Crippen LogP contribution in [0.1, 0.15) is 26.2 Å². The molecule has 4 heteroatoms. The number of hydrogen-bond donors (Lipinski definition) is 1. The Morgan fingerprint density at radius 3 is 2.26 bits per heavy atom. The molecule has 0 heterocycles. The van der Waals surface area contributed by atoms with E-state index in [9.17, 15) is 0 Å². The molecule has 19 heavy (non-hydrogen) atoms. The molecular formula is C15H23NO3. The van der Waals surface area contributed by atoms with Gasteiger partial charge in [-0.1, -0.05) is 6.92 Å². The fourth-order valence-corrected chi connectivity index (χ4v) is 2.59. The van der Waals surface area contributed by atoms with Crippen LogP contribution in [0.4, 0.5) is 0 Å². The molecule has 0 aliphatic heterocycles. The zero-order valence-corrected chi connectivity index (χ0v) is 11.9. The highest BCUT2D eigenvalue weighted by Gasteiger charge is 2.28. The largest absolute Gasteiger partial charge is 0.496 e. The molecule has 1 saturated carbocycles. The van der Waals surface area contributed by atoms with Crippen molar-refractivity contribution >= 4 is 0 Å². The molecule has 1 aromatic carbocycles. The Balaban J connectivity index is 2.09. The molecule has 0 radical (unpaired) electrons. The van der Waals surface area contributed by atoms with Crippen molar-refractivity contribution in [1.82, 2.24) is 5.32 Å². The minimum absolute atomic E-state index is 0.233. The first-order valence-corrected chi connectivity index (χ1v) is 6.90. The van der Waals surface area contributed by atoms with Gasteiger partial charge in [-0.15, -0.1) is 0 Å². The predicted octanol–water partition coefficient (Wildman–Crippen LogP) is 2.61. The quantitative estimate of drug-likeness (QED) is 0.858. The van der Waals surface area contributed by atoms with Crippen molar-refractivity contribution in [3.63, 3.8) is 0 Å². The van der Waals surface area contributed by atoms with Crippen LogP contribution in [0.25, 0.3) is 0 Å². The Kier molecular flexibility index (Phi) is 4.91. The second kappa shape index (κ2) is 6.66. The maximum absolute atomic E-state index is 6.10. The molecule has 1 fully saturated rings. The molecule has 2 rings (SSSR count). The van der Waals surface area contributed by atoms with Crippen molar-refractivity contribution in [2.24, 2.45) is 0 Å². The van der Waals surface area contributed by atoms with Crippen molar-refractivity contribution in [2.45, 2.75) is 38.3 Å². The Hall–Kier alpha value is -1.42. The van der Waals surface area contributed by atoms with Crippen LogP contribution < -0.4 is 19.5 Å². The third-order valence-electron chi connectivity index (χ3n) is 3.53. The van der Waals surface area contributed by atoms with Crippen LogP contribution in [0.3, 0.4) is 0 Å². The van der Waals surface area contributed by atoms with E-state index in [2.05, 4.69) is 12.2 Å². The molecule has 4 nitrogen and oxygen atoms in total. The summed E-state index contributed by atoms with van der Waals surface area (Å²) in [5.41, 5.74) is 0. The van der Waals surface area contributed by atoms with Crippen LogP contribution in [-0.4, -0.2) is 32.9 Å². The fraction of sp³-hybridized carbons (Fsp3) is 0.600. The van der Waals surface area contributed by atoms with Crippen LogP contribution in [0.5, 0.6) is 17.2 Å². The van der Waals surface area contributed by atoms with Gasteiger partial charge >= 0.3 is 0 Å². The highest BCUT2D eigenvalue weighted by molar-refractivity contribution is 5.42. The molecule has 1 aliphatic carbocycles. The maximum atomic E-state index is 6.10. The van der Waals surface area contributed by atoms with Gasteiger partial charge in [0.05, 0.1) is 14.2 Å². The topological polar surface area (TPSA) is 39.7 Å². The molecule has 0 amide bonds. The van der Waals surface area contributed by atoms with E-state index in [4.69, 9.17) is 14.2 Å².